The Morgan fingerprint density at radius 2 is 2.00 bits per heavy atom. The van der Waals surface area contributed by atoms with Crippen molar-refractivity contribution in [2.24, 2.45) is 4.99 Å². The van der Waals surface area contributed by atoms with Gasteiger partial charge in [0.05, 0.1) is 5.01 Å². The van der Waals surface area contributed by atoms with Gasteiger partial charge in [0.2, 0.25) is 0 Å². The molecule has 1 fully saturated rings. The van der Waals surface area contributed by atoms with Crippen LogP contribution in [0.5, 0.6) is 0 Å². The predicted molar refractivity (Wildman–Crippen MR) is 119 cm³/mol. The number of aliphatic imine (C=N–C) groups is 1. The molecule has 0 aliphatic heterocycles. The van der Waals surface area contributed by atoms with Crippen LogP contribution in [-0.4, -0.2) is 55.6 Å². The standard InChI is InChI=1S/C18H33N5S.HI/c1-15-14-22-17(24-15)10-12-21-18(19-2)20-11-7-13-23(3)16-8-5-4-6-9-16;/h14,16H,4-13H2,1-3H3,(H2,19,20,21);1H. The second-order valence-electron chi connectivity index (χ2n) is 6.67. The zero-order valence-electron chi connectivity index (χ0n) is 15.9. The third-order valence-electron chi connectivity index (χ3n) is 4.70. The van der Waals surface area contributed by atoms with E-state index < -0.39 is 0 Å². The van der Waals surface area contributed by atoms with E-state index in [-0.39, 0.29) is 24.0 Å². The SMILES string of the molecule is CN=C(NCCCN(C)C1CCCCC1)NCCc1ncc(C)s1.I. The van der Waals surface area contributed by atoms with Gasteiger partial charge in [-0.05, 0) is 39.8 Å². The Labute approximate surface area is 174 Å². The van der Waals surface area contributed by atoms with Crippen LogP contribution in [0.15, 0.2) is 11.2 Å². The van der Waals surface area contributed by atoms with Crippen molar-refractivity contribution >= 4 is 41.3 Å². The molecule has 1 aliphatic rings. The molecular formula is C18H34IN5S. The molecule has 0 unspecified atom stereocenters. The van der Waals surface area contributed by atoms with E-state index in [0.717, 1.165) is 44.5 Å². The van der Waals surface area contributed by atoms with E-state index in [1.807, 2.05) is 13.2 Å². The van der Waals surface area contributed by atoms with E-state index in [0.29, 0.717) is 0 Å². The van der Waals surface area contributed by atoms with E-state index in [2.05, 4.69) is 39.5 Å². The molecule has 5 nitrogen and oxygen atoms in total. The van der Waals surface area contributed by atoms with Crippen LogP contribution in [-0.2, 0) is 6.42 Å². The summed E-state index contributed by atoms with van der Waals surface area (Å²) >= 11 is 1.77. The average Bonchev–Trinajstić information content (AvgIpc) is 3.02. The minimum atomic E-state index is 0. The van der Waals surface area contributed by atoms with E-state index in [9.17, 15) is 0 Å². The van der Waals surface area contributed by atoms with Crippen LogP contribution in [0.3, 0.4) is 0 Å². The molecule has 0 saturated heterocycles. The van der Waals surface area contributed by atoms with Crippen molar-refractivity contribution in [3.63, 3.8) is 0 Å². The van der Waals surface area contributed by atoms with Gasteiger partial charge in [0, 0.05) is 43.7 Å². The number of hydrogen-bond acceptors (Lipinski definition) is 4. The molecule has 0 atom stereocenters. The van der Waals surface area contributed by atoms with Gasteiger partial charge in [-0.3, -0.25) is 4.99 Å². The zero-order valence-corrected chi connectivity index (χ0v) is 19.0. The fourth-order valence-electron chi connectivity index (χ4n) is 3.27. The van der Waals surface area contributed by atoms with Gasteiger partial charge < -0.3 is 15.5 Å². The summed E-state index contributed by atoms with van der Waals surface area (Å²) in [6.45, 7) is 5.09. The van der Waals surface area contributed by atoms with Gasteiger partial charge in [-0.15, -0.1) is 35.3 Å². The van der Waals surface area contributed by atoms with Gasteiger partial charge in [-0.25, -0.2) is 4.98 Å². The quantitative estimate of drug-likeness (QED) is 0.260. The summed E-state index contributed by atoms with van der Waals surface area (Å²) in [5.74, 6) is 0.892. The molecule has 0 radical (unpaired) electrons. The summed E-state index contributed by atoms with van der Waals surface area (Å²) in [6, 6.07) is 0.804. The Morgan fingerprint density at radius 1 is 1.28 bits per heavy atom. The molecule has 0 amide bonds. The van der Waals surface area contributed by atoms with Crippen molar-refractivity contribution < 1.29 is 0 Å². The number of guanidine groups is 1. The number of aromatic nitrogens is 1. The molecule has 1 aromatic rings. The van der Waals surface area contributed by atoms with E-state index in [1.165, 1.54) is 42.0 Å². The predicted octanol–water partition coefficient (Wildman–Crippen LogP) is 3.43. The second kappa shape index (κ2) is 12.9. The van der Waals surface area contributed by atoms with Gasteiger partial charge in [0.1, 0.15) is 0 Å². The zero-order chi connectivity index (χ0) is 17.2. The maximum atomic E-state index is 4.39. The number of thiazole rings is 1. The first-order valence-corrected chi connectivity index (χ1v) is 10.1. The van der Waals surface area contributed by atoms with Crippen LogP contribution >= 0.6 is 35.3 Å². The molecule has 1 heterocycles. The molecule has 2 rings (SSSR count). The maximum absolute atomic E-state index is 4.39. The highest BCUT2D eigenvalue weighted by Gasteiger charge is 2.17. The Kier molecular flexibility index (Phi) is 11.6. The molecule has 1 aliphatic carbocycles. The molecular weight excluding hydrogens is 445 g/mol. The monoisotopic (exact) mass is 479 g/mol. The summed E-state index contributed by atoms with van der Waals surface area (Å²) in [4.78, 5) is 12.5. The van der Waals surface area contributed by atoms with E-state index >= 15 is 0 Å². The molecule has 1 aromatic heterocycles. The largest absolute Gasteiger partial charge is 0.356 e. The van der Waals surface area contributed by atoms with Gasteiger partial charge in [-0.1, -0.05) is 19.3 Å². The minimum Gasteiger partial charge on any atom is -0.356 e. The summed E-state index contributed by atoms with van der Waals surface area (Å²) in [7, 11) is 4.11. The number of aryl methyl sites for hydroxylation is 1. The highest BCUT2D eigenvalue weighted by Crippen LogP contribution is 2.21. The third-order valence-corrected chi connectivity index (χ3v) is 5.67. The molecule has 1 saturated carbocycles. The maximum Gasteiger partial charge on any atom is 0.190 e. The topological polar surface area (TPSA) is 52.6 Å². The van der Waals surface area contributed by atoms with Crippen LogP contribution in [0.4, 0.5) is 0 Å². The van der Waals surface area contributed by atoms with Crippen LogP contribution in [0.2, 0.25) is 0 Å². The van der Waals surface area contributed by atoms with Crippen LogP contribution in [0, 0.1) is 6.92 Å². The smallest absolute Gasteiger partial charge is 0.190 e. The summed E-state index contributed by atoms with van der Waals surface area (Å²) in [5.41, 5.74) is 0. The van der Waals surface area contributed by atoms with Gasteiger partial charge >= 0.3 is 0 Å². The molecule has 25 heavy (non-hydrogen) atoms. The third kappa shape index (κ3) is 8.68. The Balaban J connectivity index is 0.00000312. The molecule has 7 heteroatoms. The molecule has 0 aromatic carbocycles. The van der Waals surface area contributed by atoms with E-state index in [1.54, 1.807) is 11.3 Å². The summed E-state index contributed by atoms with van der Waals surface area (Å²) in [6.07, 6.45) is 11.0. The number of nitrogens with one attached hydrogen (secondary N) is 2. The van der Waals surface area contributed by atoms with Crippen LogP contribution < -0.4 is 10.6 Å². The lowest BCUT2D eigenvalue weighted by Gasteiger charge is -2.31. The highest BCUT2D eigenvalue weighted by atomic mass is 127. The van der Waals surface area contributed by atoms with Crippen molar-refractivity contribution in [2.75, 3.05) is 33.7 Å². The Hall–Kier alpha value is -0.410. The fourth-order valence-corrected chi connectivity index (χ4v) is 4.05. The van der Waals surface area contributed by atoms with Crippen molar-refractivity contribution in [3.8, 4) is 0 Å². The van der Waals surface area contributed by atoms with Crippen molar-refractivity contribution in [2.45, 2.75) is 57.9 Å². The lowest BCUT2D eigenvalue weighted by molar-refractivity contribution is 0.190. The lowest BCUT2D eigenvalue weighted by Crippen LogP contribution is -2.40. The number of halogens is 1. The molecule has 2 N–H and O–H groups in total. The Bertz CT molecular complexity index is 499. The summed E-state index contributed by atoms with van der Waals surface area (Å²) in [5, 5.41) is 7.97. The Morgan fingerprint density at radius 3 is 2.64 bits per heavy atom. The number of hydrogen-bond donors (Lipinski definition) is 2. The first-order valence-electron chi connectivity index (χ1n) is 9.25. The van der Waals surface area contributed by atoms with Crippen molar-refractivity contribution in [3.05, 3.63) is 16.1 Å². The minimum absolute atomic E-state index is 0. The number of nitrogens with zero attached hydrogens (tertiary/aromatic N) is 3. The number of rotatable bonds is 8. The van der Waals surface area contributed by atoms with Gasteiger partial charge in [0.25, 0.3) is 0 Å². The molecule has 0 bridgehead atoms. The first-order chi connectivity index (χ1) is 11.7. The normalized spacial score (nSPS) is 15.9. The molecule has 144 valence electrons. The lowest BCUT2D eigenvalue weighted by atomic mass is 9.94. The van der Waals surface area contributed by atoms with Gasteiger partial charge in [-0.2, -0.15) is 0 Å². The van der Waals surface area contributed by atoms with E-state index in [4.69, 9.17) is 0 Å². The van der Waals surface area contributed by atoms with Crippen LogP contribution in [0.25, 0.3) is 0 Å². The van der Waals surface area contributed by atoms with Crippen LogP contribution in [0.1, 0.15) is 48.4 Å². The fraction of sp³-hybridized carbons (Fsp3) is 0.778. The summed E-state index contributed by atoms with van der Waals surface area (Å²) < 4.78 is 0. The molecule has 0 spiro atoms. The highest BCUT2D eigenvalue weighted by molar-refractivity contribution is 14.0. The first kappa shape index (κ1) is 22.6. The van der Waals surface area contributed by atoms with Crippen molar-refractivity contribution in [1.82, 2.24) is 20.5 Å². The average molecular weight is 479 g/mol. The second-order valence-corrected chi connectivity index (χ2v) is 7.99. The van der Waals surface area contributed by atoms with Gasteiger partial charge in [0.15, 0.2) is 5.96 Å². The van der Waals surface area contributed by atoms with Crippen molar-refractivity contribution in [1.29, 1.82) is 0 Å².